The number of anilines is 1. The number of carbonyl (C=O) groups is 1. The number of halogens is 1. The molecule has 3 saturated heterocycles. The van der Waals surface area contributed by atoms with E-state index in [9.17, 15) is 4.79 Å². The van der Waals surface area contributed by atoms with Gasteiger partial charge in [0.25, 0.3) is 0 Å². The third-order valence-corrected chi connectivity index (χ3v) is 6.57. The molecule has 4 atom stereocenters. The van der Waals surface area contributed by atoms with Crippen LogP contribution in [0.3, 0.4) is 0 Å². The van der Waals surface area contributed by atoms with Crippen molar-refractivity contribution in [3.8, 4) is 5.75 Å². The number of alkyl halides is 1. The minimum Gasteiger partial charge on any atom is -0.488 e. The summed E-state index contributed by atoms with van der Waals surface area (Å²) in [5.74, 6) is 0.0358. The molecule has 0 bridgehead atoms. The predicted octanol–water partition coefficient (Wildman–Crippen LogP) is -0.591. The average molecular weight is 408 g/mol. The Morgan fingerprint density at radius 1 is 1.43 bits per heavy atom. The zero-order valence-corrected chi connectivity index (χ0v) is 16.3. The number of rotatable bonds is 4. The van der Waals surface area contributed by atoms with Crippen LogP contribution in [0, 0.1) is 11.3 Å². The minimum absolute atomic E-state index is 0.0206. The van der Waals surface area contributed by atoms with Crippen LogP contribution < -0.4 is 31.8 Å². The summed E-state index contributed by atoms with van der Waals surface area (Å²) in [7, 11) is 0. The van der Waals surface area contributed by atoms with Gasteiger partial charge in [0.1, 0.15) is 17.5 Å². The number of nitrogens with zero attached hydrogens (tertiary/aromatic N) is 2. The lowest BCUT2D eigenvalue weighted by Crippen LogP contribution is -2.62. The van der Waals surface area contributed by atoms with E-state index in [1.807, 2.05) is 5.01 Å². The molecule has 1 spiro atoms. The van der Waals surface area contributed by atoms with Gasteiger partial charge < -0.3 is 21.1 Å². The van der Waals surface area contributed by atoms with Crippen molar-refractivity contribution in [2.24, 2.45) is 17.1 Å². The van der Waals surface area contributed by atoms with E-state index in [0.29, 0.717) is 29.9 Å². The molecule has 1 amide bonds. The monoisotopic (exact) mass is 407 g/mol. The van der Waals surface area contributed by atoms with Crippen LogP contribution in [0.4, 0.5) is 5.69 Å². The Kier molecular flexibility index (Phi) is 4.69. The van der Waals surface area contributed by atoms with Crippen LogP contribution in [-0.4, -0.2) is 65.9 Å². The predicted molar refractivity (Wildman–Crippen MR) is 105 cm³/mol. The van der Waals surface area contributed by atoms with Crippen molar-refractivity contribution in [3.05, 3.63) is 18.5 Å². The number of nitrogens with one attached hydrogen (secondary N) is 4. The molecular weight excluding hydrogens is 382 g/mol. The van der Waals surface area contributed by atoms with E-state index in [0.717, 1.165) is 25.9 Å². The van der Waals surface area contributed by atoms with Gasteiger partial charge in [0.2, 0.25) is 5.91 Å². The molecule has 10 heteroatoms. The van der Waals surface area contributed by atoms with Crippen LogP contribution in [0.25, 0.3) is 0 Å². The summed E-state index contributed by atoms with van der Waals surface area (Å²) in [6.07, 6.45) is 4.91. The number of fused-ring (bicyclic) bond motifs is 1. The topological polar surface area (TPSA) is 117 Å². The second-order valence-electron chi connectivity index (χ2n) is 8.40. The van der Waals surface area contributed by atoms with Crippen molar-refractivity contribution in [2.45, 2.75) is 36.7 Å². The van der Waals surface area contributed by atoms with Gasteiger partial charge in [-0.3, -0.25) is 15.1 Å². The highest BCUT2D eigenvalue weighted by atomic mass is 35.5. The van der Waals surface area contributed by atoms with Gasteiger partial charge in [0.05, 0.1) is 29.8 Å². The highest BCUT2D eigenvalue weighted by Gasteiger charge is 2.50. The van der Waals surface area contributed by atoms with Crippen LogP contribution in [0.15, 0.2) is 18.5 Å². The van der Waals surface area contributed by atoms with Gasteiger partial charge in [-0.25, -0.2) is 10.4 Å². The van der Waals surface area contributed by atoms with Crippen molar-refractivity contribution in [1.82, 2.24) is 26.1 Å². The lowest BCUT2D eigenvalue weighted by atomic mass is 9.63. The molecule has 4 unspecified atom stereocenters. The fourth-order valence-electron chi connectivity index (χ4n) is 4.71. The fourth-order valence-corrected chi connectivity index (χ4v) is 4.95. The van der Waals surface area contributed by atoms with Crippen LogP contribution in [0.5, 0.6) is 5.75 Å². The number of nitrogens with two attached hydrogens (primary N) is 1. The van der Waals surface area contributed by atoms with Gasteiger partial charge in [-0.15, -0.1) is 11.6 Å². The molecule has 4 fully saturated rings. The van der Waals surface area contributed by atoms with Gasteiger partial charge in [-0.1, -0.05) is 0 Å². The lowest BCUT2D eigenvalue weighted by molar-refractivity contribution is -0.121. The Balaban J connectivity index is 1.25. The summed E-state index contributed by atoms with van der Waals surface area (Å²) < 4.78 is 6.15. The Morgan fingerprint density at radius 2 is 2.25 bits per heavy atom. The highest BCUT2D eigenvalue weighted by molar-refractivity contribution is 6.21. The van der Waals surface area contributed by atoms with Crippen molar-refractivity contribution < 1.29 is 9.53 Å². The van der Waals surface area contributed by atoms with Crippen molar-refractivity contribution in [2.75, 3.05) is 31.5 Å². The summed E-state index contributed by atoms with van der Waals surface area (Å²) in [5, 5.41) is 11.5. The minimum atomic E-state index is -0.488. The smallest absolute Gasteiger partial charge is 0.233 e. The molecule has 0 aromatic carbocycles. The van der Waals surface area contributed by atoms with E-state index in [1.165, 1.54) is 0 Å². The molecule has 5 rings (SSSR count). The molecule has 6 N–H and O–H groups in total. The SMILES string of the molecule is NC1NN2CC(Cl)CNC2C1C(=O)Nc1cnccc1OC1CC2(CNC2)C1. The fraction of sp³-hybridized carbons (Fsp3) is 0.667. The van der Waals surface area contributed by atoms with Crippen LogP contribution in [0.1, 0.15) is 12.8 Å². The van der Waals surface area contributed by atoms with Gasteiger partial charge in [0, 0.05) is 43.9 Å². The maximum atomic E-state index is 13.0. The Bertz CT molecular complexity index is 753. The number of hydrogen-bond acceptors (Lipinski definition) is 8. The summed E-state index contributed by atoms with van der Waals surface area (Å²) in [6, 6.07) is 1.80. The van der Waals surface area contributed by atoms with Crippen molar-refractivity contribution in [1.29, 1.82) is 0 Å². The van der Waals surface area contributed by atoms with Crippen molar-refractivity contribution >= 4 is 23.2 Å². The number of aromatic nitrogens is 1. The second-order valence-corrected chi connectivity index (χ2v) is 9.01. The summed E-state index contributed by atoms with van der Waals surface area (Å²) in [5.41, 5.74) is 10.3. The summed E-state index contributed by atoms with van der Waals surface area (Å²) >= 11 is 6.20. The molecule has 0 radical (unpaired) electrons. The Labute approximate surface area is 168 Å². The van der Waals surface area contributed by atoms with Crippen molar-refractivity contribution in [3.63, 3.8) is 0 Å². The molecule has 28 heavy (non-hydrogen) atoms. The Morgan fingerprint density at radius 3 is 3.00 bits per heavy atom. The third-order valence-electron chi connectivity index (χ3n) is 6.28. The quantitative estimate of drug-likeness (QED) is 0.420. The molecule has 1 aromatic rings. The second kappa shape index (κ2) is 7.08. The third kappa shape index (κ3) is 3.26. The first-order valence-corrected chi connectivity index (χ1v) is 10.2. The first-order chi connectivity index (χ1) is 13.5. The maximum absolute atomic E-state index is 13.0. The van der Waals surface area contributed by atoms with E-state index >= 15 is 0 Å². The van der Waals surface area contributed by atoms with E-state index in [-0.39, 0.29) is 23.6 Å². The number of amides is 1. The number of hydrogen-bond donors (Lipinski definition) is 5. The normalized spacial score (nSPS) is 34.4. The molecule has 4 heterocycles. The largest absolute Gasteiger partial charge is 0.488 e. The maximum Gasteiger partial charge on any atom is 0.233 e. The lowest BCUT2D eigenvalue weighted by Gasteiger charge is -2.53. The van der Waals surface area contributed by atoms with E-state index in [1.54, 1.807) is 18.5 Å². The van der Waals surface area contributed by atoms with Gasteiger partial charge in [-0.05, 0) is 12.8 Å². The molecule has 1 saturated carbocycles. The van der Waals surface area contributed by atoms with E-state index in [2.05, 4.69) is 26.4 Å². The molecule has 3 aliphatic heterocycles. The van der Waals surface area contributed by atoms with Crippen LogP contribution in [0.2, 0.25) is 0 Å². The number of ether oxygens (including phenoxy) is 1. The molecule has 1 aromatic heterocycles. The van der Waals surface area contributed by atoms with E-state index in [4.69, 9.17) is 22.1 Å². The zero-order valence-electron chi connectivity index (χ0n) is 15.5. The molecular formula is C18H26ClN7O2. The van der Waals surface area contributed by atoms with Gasteiger partial charge in [0.15, 0.2) is 0 Å². The zero-order chi connectivity index (χ0) is 19.3. The van der Waals surface area contributed by atoms with E-state index < -0.39 is 12.1 Å². The van der Waals surface area contributed by atoms with Gasteiger partial charge >= 0.3 is 0 Å². The molecule has 9 nitrogen and oxygen atoms in total. The number of pyridine rings is 1. The first kappa shape index (κ1) is 18.5. The first-order valence-electron chi connectivity index (χ1n) is 9.81. The molecule has 1 aliphatic carbocycles. The van der Waals surface area contributed by atoms with Crippen LogP contribution >= 0.6 is 11.6 Å². The summed E-state index contributed by atoms with van der Waals surface area (Å²) in [4.78, 5) is 17.2. The Hall–Kier alpha value is -1.49. The molecule has 4 aliphatic rings. The number of carbonyl (C=O) groups excluding carboxylic acids is 1. The standard InChI is InChI=1S/C18H26ClN7O2/c19-10-5-23-16-14(15(20)25-26(16)7-10)17(27)24-12-6-21-2-1-13(12)28-11-3-18(4-11)8-22-9-18/h1-2,6,10-11,14-16,22-23,25H,3-5,7-9,20H2,(H,24,27). The van der Waals surface area contributed by atoms with Crippen LogP contribution in [-0.2, 0) is 4.79 Å². The van der Waals surface area contributed by atoms with Gasteiger partial charge in [-0.2, -0.15) is 0 Å². The number of hydrazine groups is 1. The molecule has 152 valence electrons. The average Bonchev–Trinajstić information content (AvgIpc) is 2.92. The summed E-state index contributed by atoms with van der Waals surface area (Å²) in [6.45, 7) is 3.43. The highest BCUT2D eigenvalue weighted by Crippen LogP contribution is 2.46.